The van der Waals surface area contributed by atoms with Crippen LogP contribution in [0.25, 0.3) is 0 Å². The second kappa shape index (κ2) is 9.48. The van der Waals surface area contributed by atoms with Gasteiger partial charge in [-0.15, -0.1) is 0 Å². The first-order chi connectivity index (χ1) is 18.3. The summed E-state index contributed by atoms with van der Waals surface area (Å²) in [5.74, 6) is 0.668. The van der Waals surface area contributed by atoms with Gasteiger partial charge in [-0.05, 0) is 98.7 Å². The summed E-state index contributed by atoms with van der Waals surface area (Å²) in [4.78, 5) is 37.2. The number of esters is 3. The summed E-state index contributed by atoms with van der Waals surface area (Å²) in [5, 5.41) is 0. The van der Waals surface area contributed by atoms with Crippen molar-refractivity contribution in [2.45, 2.75) is 112 Å². The van der Waals surface area contributed by atoms with Crippen molar-refractivity contribution in [2.24, 2.45) is 45.3 Å². The van der Waals surface area contributed by atoms with Crippen molar-refractivity contribution >= 4 is 17.9 Å². The lowest BCUT2D eigenvalue weighted by molar-refractivity contribution is -0.182. The molecule has 1 heterocycles. The predicted molar refractivity (Wildman–Crippen MR) is 148 cm³/mol. The van der Waals surface area contributed by atoms with Crippen molar-refractivity contribution in [2.75, 3.05) is 7.11 Å². The highest BCUT2D eigenvalue weighted by Gasteiger charge is 2.82. The first kappa shape index (κ1) is 28.4. The summed E-state index contributed by atoms with van der Waals surface area (Å²) in [6.45, 7) is 17.0. The quantitative estimate of drug-likeness (QED) is 0.206. The predicted octanol–water partition coefficient (Wildman–Crippen LogP) is 6.57. The largest absolute Gasteiger partial charge is 0.469 e. The lowest BCUT2D eigenvalue weighted by atomic mass is 9.43. The minimum absolute atomic E-state index is 0.0577. The molecule has 0 aromatic carbocycles. The topological polar surface area (TPSA) is 78.9 Å². The van der Waals surface area contributed by atoms with E-state index in [2.05, 4.69) is 34.3 Å². The lowest BCUT2D eigenvalue weighted by Crippen LogP contribution is -2.58. The number of hydrogen-bond acceptors (Lipinski definition) is 6. The Hall–Kier alpha value is -2.11. The van der Waals surface area contributed by atoms with E-state index >= 15 is 0 Å². The summed E-state index contributed by atoms with van der Waals surface area (Å²) < 4.78 is 17.2. The Kier molecular flexibility index (Phi) is 6.91. The van der Waals surface area contributed by atoms with Crippen LogP contribution in [0.5, 0.6) is 0 Å². The van der Waals surface area contributed by atoms with Crippen LogP contribution in [0.1, 0.15) is 99.3 Å². The molecular formula is C33H48O6. The van der Waals surface area contributed by atoms with Crippen LogP contribution < -0.4 is 0 Å². The number of carbonyl (C=O) groups is 3. The zero-order chi connectivity index (χ0) is 28.5. The van der Waals surface area contributed by atoms with Gasteiger partial charge in [-0.2, -0.15) is 0 Å². The molecule has 4 fully saturated rings. The average molecular weight is 541 g/mol. The van der Waals surface area contributed by atoms with E-state index < -0.39 is 0 Å². The lowest BCUT2D eigenvalue weighted by Gasteiger charge is -2.61. The van der Waals surface area contributed by atoms with Crippen LogP contribution in [0.4, 0.5) is 0 Å². The first-order valence-corrected chi connectivity index (χ1v) is 15.0. The van der Waals surface area contributed by atoms with Crippen molar-refractivity contribution in [3.8, 4) is 0 Å². The molecule has 6 nitrogen and oxygen atoms in total. The average Bonchev–Trinajstić information content (AvgIpc) is 3.50. The molecule has 4 saturated carbocycles. The van der Waals surface area contributed by atoms with E-state index in [4.69, 9.17) is 14.2 Å². The van der Waals surface area contributed by atoms with E-state index in [9.17, 15) is 14.4 Å². The fraction of sp³-hybridized carbons (Fsp3) is 0.788. The molecule has 0 bridgehead atoms. The molecular weight excluding hydrogens is 492 g/mol. The molecule has 10 unspecified atom stereocenters. The van der Waals surface area contributed by atoms with E-state index in [0.717, 1.165) is 51.4 Å². The maximum absolute atomic E-state index is 12.5. The second-order valence-corrected chi connectivity index (χ2v) is 14.2. The van der Waals surface area contributed by atoms with Gasteiger partial charge in [0.25, 0.3) is 0 Å². The number of carbonyl (C=O) groups excluding carboxylic acids is 3. The van der Waals surface area contributed by atoms with Gasteiger partial charge in [0, 0.05) is 30.8 Å². The first-order valence-electron chi connectivity index (χ1n) is 15.0. The van der Waals surface area contributed by atoms with Crippen LogP contribution >= 0.6 is 0 Å². The van der Waals surface area contributed by atoms with Gasteiger partial charge in [0.1, 0.15) is 12.2 Å². The molecule has 0 aromatic rings. The minimum Gasteiger partial charge on any atom is -0.469 e. The van der Waals surface area contributed by atoms with Crippen LogP contribution in [0, 0.1) is 45.3 Å². The van der Waals surface area contributed by atoms with Gasteiger partial charge < -0.3 is 14.2 Å². The highest BCUT2D eigenvalue weighted by atomic mass is 16.5. The van der Waals surface area contributed by atoms with Gasteiger partial charge in [0.2, 0.25) is 0 Å². The monoisotopic (exact) mass is 540 g/mol. The summed E-state index contributed by atoms with van der Waals surface area (Å²) >= 11 is 0. The number of rotatable bonds is 7. The number of methoxy groups -OCH3 is 1. The Morgan fingerprint density at radius 2 is 1.92 bits per heavy atom. The Bertz CT molecular complexity index is 1110. The molecule has 1 aliphatic heterocycles. The van der Waals surface area contributed by atoms with Gasteiger partial charge >= 0.3 is 17.9 Å². The highest BCUT2D eigenvalue weighted by molar-refractivity contribution is 5.88. The molecule has 216 valence electrons. The SMILES string of the molecule is C=C(C)C1CCC2C3(CCC4(C)C(C(C)C5CC=C(C)C(=O)O5)CC(OC(C)=O)C24C)CC13CCC(=O)OC. The molecule has 39 heavy (non-hydrogen) atoms. The van der Waals surface area contributed by atoms with Crippen LogP contribution in [0.2, 0.25) is 0 Å². The van der Waals surface area contributed by atoms with Crippen molar-refractivity contribution in [1.82, 2.24) is 0 Å². The third-order valence-electron chi connectivity index (χ3n) is 12.9. The molecule has 6 heteroatoms. The maximum Gasteiger partial charge on any atom is 0.333 e. The third kappa shape index (κ3) is 3.89. The summed E-state index contributed by atoms with van der Waals surface area (Å²) in [6, 6.07) is 0. The molecule has 0 N–H and O–H groups in total. The molecule has 0 amide bonds. The minimum atomic E-state index is -0.220. The van der Waals surface area contributed by atoms with Crippen LogP contribution in [-0.4, -0.2) is 37.2 Å². The van der Waals surface area contributed by atoms with Crippen molar-refractivity contribution < 1.29 is 28.6 Å². The molecule has 10 atom stereocenters. The fourth-order valence-electron chi connectivity index (χ4n) is 10.9. The zero-order valence-electron chi connectivity index (χ0n) is 25.1. The second-order valence-electron chi connectivity index (χ2n) is 14.2. The summed E-state index contributed by atoms with van der Waals surface area (Å²) in [7, 11) is 1.47. The Labute approximate surface area is 234 Å². The van der Waals surface area contributed by atoms with E-state index in [1.165, 1.54) is 19.6 Å². The standard InChI is InChI=1S/C33H48O6/c1-19(2)23-10-12-26-31(7)27(38-22(5)34)17-24(21(4)25-11-9-20(3)29(36)39-25)30(31,6)15-16-33(26)18-32(23,33)14-13-28(35)37-8/h9,21,23-27H,1,10-18H2,2-8H3. The number of ether oxygens (including phenoxy) is 3. The number of fused-ring (bicyclic) bond motifs is 2. The van der Waals surface area contributed by atoms with Gasteiger partial charge in [-0.1, -0.05) is 39.0 Å². The van der Waals surface area contributed by atoms with Crippen molar-refractivity contribution in [3.63, 3.8) is 0 Å². The summed E-state index contributed by atoms with van der Waals surface area (Å²) in [5.41, 5.74) is 1.84. The number of hydrogen-bond donors (Lipinski definition) is 0. The molecule has 0 saturated heterocycles. The van der Waals surface area contributed by atoms with Crippen molar-refractivity contribution in [1.29, 1.82) is 0 Å². The molecule has 0 radical (unpaired) electrons. The smallest absolute Gasteiger partial charge is 0.333 e. The normalized spacial score (nSPS) is 45.1. The molecule has 5 aliphatic rings. The number of allylic oxidation sites excluding steroid dienone is 1. The Morgan fingerprint density at radius 1 is 1.21 bits per heavy atom. The fourth-order valence-corrected chi connectivity index (χ4v) is 10.9. The Morgan fingerprint density at radius 3 is 2.54 bits per heavy atom. The van der Waals surface area contributed by atoms with Gasteiger partial charge in [-0.25, -0.2) is 4.79 Å². The molecule has 1 spiro atoms. The van der Waals surface area contributed by atoms with E-state index in [-0.39, 0.29) is 63.6 Å². The summed E-state index contributed by atoms with van der Waals surface area (Å²) in [6.07, 6.45) is 9.93. The van der Waals surface area contributed by atoms with Crippen LogP contribution in [-0.2, 0) is 28.6 Å². The van der Waals surface area contributed by atoms with Gasteiger partial charge in [-0.3, -0.25) is 9.59 Å². The van der Waals surface area contributed by atoms with Gasteiger partial charge in [0.15, 0.2) is 0 Å². The molecule has 0 aromatic heterocycles. The highest BCUT2D eigenvalue weighted by Crippen LogP contribution is 2.87. The van der Waals surface area contributed by atoms with E-state index in [1.807, 2.05) is 13.0 Å². The number of cyclic esters (lactones) is 1. The zero-order valence-corrected chi connectivity index (χ0v) is 25.1. The molecule has 5 rings (SSSR count). The van der Waals surface area contributed by atoms with Gasteiger partial charge in [0.05, 0.1) is 7.11 Å². The molecule has 4 aliphatic carbocycles. The van der Waals surface area contributed by atoms with Crippen LogP contribution in [0.3, 0.4) is 0 Å². The van der Waals surface area contributed by atoms with Crippen molar-refractivity contribution in [3.05, 3.63) is 23.8 Å². The van der Waals surface area contributed by atoms with E-state index in [1.54, 1.807) is 0 Å². The maximum atomic E-state index is 12.5. The van der Waals surface area contributed by atoms with E-state index in [0.29, 0.717) is 23.8 Å². The van der Waals surface area contributed by atoms with Crippen LogP contribution in [0.15, 0.2) is 23.8 Å². The Balaban J connectivity index is 1.52. The third-order valence-corrected chi connectivity index (χ3v) is 12.9.